The number of aromatic amines is 1. The number of nitrogens with zero attached hydrogens (tertiary/aromatic N) is 6. The largest absolute Gasteiger partial charge is 0.512 e. The van der Waals surface area contributed by atoms with Crippen LogP contribution in [0.2, 0.25) is 0 Å². The Balaban J connectivity index is 1.35. The Bertz CT molecular complexity index is 1260. The summed E-state index contributed by atoms with van der Waals surface area (Å²) in [6.45, 7) is 0. The molecule has 1 fully saturated rings. The summed E-state index contributed by atoms with van der Waals surface area (Å²) in [5, 5.41) is 33.3. The van der Waals surface area contributed by atoms with Gasteiger partial charge in [-0.25, -0.2) is 14.5 Å². The Morgan fingerprint density at radius 1 is 1.47 bits per heavy atom. The highest BCUT2D eigenvalue weighted by Crippen LogP contribution is 2.42. The molecule has 4 heterocycles. The molecule has 1 aromatic carbocycles. The lowest BCUT2D eigenvalue weighted by Gasteiger charge is -2.49. The molecule has 0 radical (unpaired) electrons. The lowest BCUT2D eigenvalue weighted by molar-refractivity contribution is -0.143. The summed E-state index contributed by atoms with van der Waals surface area (Å²) in [7, 11) is 1.70. The van der Waals surface area contributed by atoms with Crippen molar-refractivity contribution in [2.75, 3.05) is 16.8 Å². The number of tetrazole rings is 1. The molecule has 1 unspecified atom stereocenters. The normalized spacial score (nSPS) is 20.3. The number of rotatable bonds is 6. The number of carbonyl (C=O) groups is 2. The van der Waals surface area contributed by atoms with Gasteiger partial charge in [0.1, 0.15) is 17.2 Å². The van der Waals surface area contributed by atoms with Crippen LogP contribution in [0.15, 0.2) is 34.8 Å². The standard InChI is InChI=1S/C17H16N8O5S2/c1-24-16(21-22-23-24)32-6-7-5-31-14-11(12(27)25(14)13(7)30-17(28)29)20-15-18-9-3-2-8(26)4-10(9)19-15/h2-4,11,14,26H,5-6H2,1H3,(H,28,29)(H2,18,19,20)/t11?,14-/m0/s1. The van der Waals surface area contributed by atoms with E-state index in [1.807, 2.05) is 0 Å². The van der Waals surface area contributed by atoms with Crippen LogP contribution in [-0.2, 0) is 16.6 Å². The van der Waals surface area contributed by atoms with Crippen molar-refractivity contribution in [1.29, 1.82) is 0 Å². The third kappa shape index (κ3) is 3.58. The number of hydrogen-bond acceptors (Lipinski definition) is 11. The van der Waals surface area contributed by atoms with E-state index in [0.717, 1.165) is 0 Å². The Kier molecular flexibility index (Phi) is 5.05. The molecular formula is C17H16N8O5S2. The zero-order valence-corrected chi connectivity index (χ0v) is 18.1. The van der Waals surface area contributed by atoms with Crippen LogP contribution >= 0.6 is 23.5 Å². The highest BCUT2D eigenvalue weighted by molar-refractivity contribution is 8.01. The summed E-state index contributed by atoms with van der Waals surface area (Å²) in [6, 6.07) is 4.12. The third-order valence-corrected chi connectivity index (χ3v) is 7.33. The molecule has 0 saturated carbocycles. The average molecular weight is 477 g/mol. The van der Waals surface area contributed by atoms with Gasteiger partial charge in [0.15, 0.2) is 0 Å². The molecule has 0 bridgehead atoms. The Labute approximate surface area is 188 Å². The van der Waals surface area contributed by atoms with E-state index < -0.39 is 12.2 Å². The summed E-state index contributed by atoms with van der Waals surface area (Å²) in [5.41, 5.74) is 1.92. The van der Waals surface area contributed by atoms with Crippen LogP contribution in [0, 0.1) is 0 Å². The number of β-lactam (4-membered cyclic amide) rings is 1. The third-order valence-electron chi connectivity index (χ3n) is 4.89. The molecule has 32 heavy (non-hydrogen) atoms. The first-order chi connectivity index (χ1) is 15.4. The second kappa shape index (κ2) is 7.90. The molecule has 5 rings (SSSR count). The smallest absolute Gasteiger partial charge is 0.508 e. The number of phenols is 1. The Morgan fingerprint density at radius 3 is 3.06 bits per heavy atom. The first-order valence-corrected chi connectivity index (χ1v) is 11.3. The topological polar surface area (TPSA) is 171 Å². The highest BCUT2D eigenvalue weighted by atomic mass is 32.2. The SMILES string of the molecule is Cn1nnnc1SCC1=C(OC(=O)O)N2C(=O)C(Nc3nc4cc(O)ccc4[nH]3)[C@@H]2SC1. The zero-order chi connectivity index (χ0) is 22.4. The van der Waals surface area contributed by atoms with Crippen molar-refractivity contribution in [3.05, 3.63) is 29.7 Å². The number of hydrogen-bond donors (Lipinski definition) is 4. The number of nitrogens with one attached hydrogen (secondary N) is 2. The fraction of sp³-hybridized carbons (Fsp3) is 0.294. The number of ether oxygens (including phenoxy) is 1. The van der Waals surface area contributed by atoms with Gasteiger partial charge in [0, 0.05) is 30.2 Å². The fourth-order valence-electron chi connectivity index (χ4n) is 3.41. The Morgan fingerprint density at radius 2 is 2.31 bits per heavy atom. The van der Waals surface area contributed by atoms with Crippen LogP contribution in [0.25, 0.3) is 11.0 Å². The summed E-state index contributed by atoms with van der Waals surface area (Å²) in [4.78, 5) is 32.9. The summed E-state index contributed by atoms with van der Waals surface area (Å²) in [5.74, 6) is 1.01. The molecule has 1 amide bonds. The number of anilines is 1. The molecule has 2 aliphatic heterocycles. The van der Waals surface area contributed by atoms with E-state index >= 15 is 0 Å². The number of amides is 1. The van der Waals surface area contributed by atoms with Gasteiger partial charge in [-0.2, -0.15) is 0 Å². The van der Waals surface area contributed by atoms with Crippen molar-refractivity contribution in [1.82, 2.24) is 35.1 Å². The van der Waals surface area contributed by atoms with Gasteiger partial charge in [-0.15, -0.1) is 16.9 Å². The van der Waals surface area contributed by atoms with E-state index in [4.69, 9.17) is 4.74 Å². The van der Waals surface area contributed by atoms with Crippen molar-refractivity contribution in [3.8, 4) is 5.75 Å². The monoisotopic (exact) mass is 476 g/mol. The average Bonchev–Trinajstić information content (AvgIpc) is 3.35. The van der Waals surface area contributed by atoms with E-state index in [9.17, 15) is 19.8 Å². The van der Waals surface area contributed by atoms with E-state index in [1.54, 1.807) is 13.1 Å². The van der Waals surface area contributed by atoms with Gasteiger partial charge in [0.2, 0.25) is 17.0 Å². The quantitative estimate of drug-likeness (QED) is 0.228. The van der Waals surface area contributed by atoms with Crippen molar-refractivity contribution >= 4 is 52.6 Å². The predicted octanol–water partition coefficient (Wildman–Crippen LogP) is 1.19. The fourth-order valence-corrected chi connectivity index (χ4v) is 5.71. The molecule has 1 saturated heterocycles. The number of H-pyrrole nitrogens is 1. The van der Waals surface area contributed by atoms with Crippen LogP contribution in [0.3, 0.4) is 0 Å². The van der Waals surface area contributed by atoms with Gasteiger partial charge in [-0.05, 0) is 22.6 Å². The van der Waals surface area contributed by atoms with E-state index in [1.165, 1.54) is 45.2 Å². The zero-order valence-electron chi connectivity index (χ0n) is 16.4. The summed E-state index contributed by atoms with van der Waals surface area (Å²) in [6.07, 6.45) is -1.49. The maximum atomic E-state index is 12.9. The maximum absolute atomic E-state index is 12.9. The number of aryl methyl sites for hydroxylation is 1. The van der Waals surface area contributed by atoms with Crippen molar-refractivity contribution in [2.24, 2.45) is 7.05 Å². The Hall–Kier alpha value is -3.46. The van der Waals surface area contributed by atoms with Crippen LogP contribution < -0.4 is 5.32 Å². The second-order valence-electron chi connectivity index (χ2n) is 6.97. The maximum Gasteiger partial charge on any atom is 0.512 e. The number of carbonyl (C=O) groups excluding carboxylic acids is 1. The number of benzene rings is 1. The summed E-state index contributed by atoms with van der Waals surface area (Å²) >= 11 is 2.81. The highest BCUT2D eigenvalue weighted by Gasteiger charge is 2.53. The molecule has 15 heteroatoms. The minimum absolute atomic E-state index is 0.0291. The molecule has 4 N–H and O–H groups in total. The van der Waals surface area contributed by atoms with E-state index in [-0.39, 0.29) is 22.9 Å². The molecule has 3 aromatic rings. The molecule has 2 aromatic heterocycles. The van der Waals surface area contributed by atoms with Crippen molar-refractivity contribution < 1.29 is 24.5 Å². The van der Waals surface area contributed by atoms with Crippen LogP contribution in [0.5, 0.6) is 5.75 Å². The number of phenolic OH excluding ortho intramolecular Hbond substituents is 1. The number of fused-ring (bicyclic) bond motifs is 2. The molecule has 166 valence electrons. The number of aromatic nitrogens is 6. The first-order valence-electron chi connectivity index (χ1n) is 9.28. The predicted molar refractivity (Wildman–Crippen MR) is 114 cm³/mol. The molecule has 13 nitrogen and oxygen atoms in total. The van der Waals surface area contributed by atoms with Gasteiger partial charge in [-0.3, -0.25) is 9.69 Å². The molecule has 2 atom stereocenters. The minimum atomic E-state index is -1.49. The molecule has 0 aliphatic carbocycles. The molecule has 0 spiro atoms. The number of imidazole rings is 1. The number of thioether (sulfide) groups is 2. The lowest BCUT2D eigenvalue weighted by Crippen LogP contribution is -2.67. The van der Waals surface area contributed by atoms with Crippen molar-refractivity contribution in [3.63, 3.8) is 0 Å². The van der Waals surface area contributed by atoms with Gasteiger partial charge < -0.3 is 25.3 Å². The second-order valence-corrected chi connectivity index (χ2v) is 9.02. The minimum Gasteiger partial charge on any atom is -0.508 e. The van der Waals surface area contributed by atoms with Gasteiger partial charge >= 0.3 is 6.16 Å². The van der Waals surface area contributed by atoms with Gasteiger partial charge in [0.05, 0.1) is 11.0 Å². The van der Waals surface area contributed by atoms with E-state index in [0.29, 0.717) is 39.2 Å². The van der Waals surface area contributed by atoms with Crippen LogP contribution in [-0.4, -0.2) is 80.3 Å². The first kappa shape index (κ1) is 20.4. The number of aromatic hydroxyl groups is 1. The van der Waals surface area contributed by atoms with Crippen molar-refractivity contribution in [2.45, 2.75) is 16.6 Å². The van der Waals surface area contributed by atoms with Gasteiger partial charge in [-0.1, -0.05) is 11.8 Å². The van der Waals surface area contributed by atoms with E-state index in [2.05, 4.69) is 30.8 Å². The van der Waals surface area contributed by atoms with Crippen LogP contribution in [0.1, 0.15) is 0 Å². The lowest BCUT2D eigenvalue weighted by atomic mass is 10.1. The number of carboxylic acid groups (broad SMARTS) is 1. The molecule has 2 aliphatic rings. The summed E-state index contributed by atoms with van der Waals surface area (Å²) < 4.78 is 6.51. The van der Waals surface area contributed by atoms with Gasteiger partial charge in [0.25, 0.3) is 5.91 Å². The molecular weight excluding hydrogens is 460 g/mol. The van der Waals surface area contributed by atoms with Crippen LogP contribution in [0.4, 0.5) is 10.7 Å².